The highest BCUT2D eigenvalue weighted by Gasteiger charge is 2.28. The number of hydrogen-bond donors (Lipinski definition) is 2. The van der Waals surface area contributed by atoms with Gasteiger partial charge >= 0.3 is 25.7 Å². The maximum Gasteiger partial charge on any atom is 0.472 e. The molecule has 0 bridgehead atoms. The first-order valence-corrected chi connectivity index (χ1v) is 31.3. The molecule has 0 aliphatic carbocycles. The fraction of sp³-hybridized carbons (Fsp3) is 0.758. The average Bonchev–Trinajstić information content (AvgIpc) is 3.39. The second kappa shape index (κ2) is 56.1. The van der Waals surface area contributed by atoms with Gasteiger partial charge in [-0.15, -0.1) is 0 Å². The van der Waals surface area contributed by atoms with Gasteiger partial charge in [-0.05, 0) is 77.0 Å². The molecule has 74 heavy (non-hydrogen) atoms. The van der Waals surface area contributed by atoms with Gasteiger partial charge in [-0.2, -0.15) is 0 Å². The molecular formula is C62H109O11P. The van der Waals surface area contributed by atoms with Gasteiger partial charge in [-0.25, -0.2) is 4.57 Å². The SMILES string of the molecule is CC/C=C\C/C=C\C/C=C\C/C=C\C/C=C\CCCC(=O)OC(COC(=O)CCCCCCCCCCCCCCCCCCCCC)COP(=O)(O)OCC(CO)OC(=O)CCCCCCC/C=C\CCCC. The molecule has 3 atom stereocenters. The molecule has 0 rings (SSSR count). The number of hydrogen-bond acceptors (Lipinski definition) is 10. The molecule has 0 heterocycles. The normalized spacial score (nSPS) is 13.9. The molecule has 3 unspecified atom stereocenters. The first-order chi connectivity index (χ1) is 36.2. The Bertz CT molecular complexity index is 1520. The van der Waals surface area contributed by atoms with E-state index in [1.54, 1.807) is 0 Å². The molecule has 2 N–H and O–H groups in total. The summed E-state index contributed by atoms with van der Waals surface area (Å²) in [5.41, 5.74) is 0. The Hall–Kier alpha value is -3.08. The molecule has 0 saturated heterocycles. The van der Waals surface area contributed by atoms with E-state index in [1.807, 2.05) is 12.2 Å². The molecule has 428 valence electrons. The first kappa shape index (κ1) is 70.9. The highest BCUT2D eigenvalue weighted by Crippen LogP contribution is 2.43. The van der Waals surface area contributed by atoms with Crippen molar-refractivity contribution in [1.29, 1.82) is 0 Å². The van der Waals surface area contributed by atoms with Crippen LogP contribution in [-0.4, -0.2) is 66.5 Å². The van der Waals surface area contributed by atoms with Gasteiger partial charge in [0.15, 0.2) is 6.10 Å². The summed E-state index contributed by atoms with van der Waals surface area (Å²) in [6, 6.07) is 0. The van der Waals surface area contributed by atoms with Crippen LogP contribution in [0.1, 0.15) is 265 Å². The van der Waals surface area contributed by atoms with E-state index in [2.05, 4.69) is 81.5 Å². The Morgan fingerprint density at radius 2 is 0.730 bits per heavy atom. The fourth-order valence-electron chi connectivity index (χ4n) is 8.08. The Kier molecular flexibility index (Phi) is 53.8. The quantitative estimate of drug-likeness (QED) is 0.0197. The summed E-state index contributed by atoms with van der Waals surface area (Å²) < 4.78 is 39.5. The second-order valence-electron chi connectivity index (χ2n) is 19.8. The van der Waals surface area contributed by atoms with E-state index in [1.165, 1.54) is 109 Å². The number of ether oxygens (including phenoxy) is 3. The zero-order chi connectivity index (χ0) is 54.1. The van der Waals surface area contributed by atoms with Crippen LogP contribution < -0.4 is 0 Å². The van der Waals surface area contributed by atoms with Crippen LogP contribution in [0.2, 0.25) is 0 Å². The molecule has 12 heteroatoms. The summed E-state index contributed by atoms with van der Waals surface area (Å²) in [6.45, 7) is 4.44. The number of phosphoric acid groups is 1. The molecule has 0 saturated carbocycles. The van der Waals surface area contributed by atoms with Gasteiger partial charge in [0.05, 0.1) is 19.8 Å². The fourth-order valence-corrected chi connectivity index (χ4v) is 8.86. The zero-order valence-corrected chi connectivity index (χ0v) is 48.2. The van der Waals surface area contributed by atoms with Gasteiger partial charge in [0.2, 0.25) is 0 Å². The molecular weight excluding hydrogens is 952 g/mol. The number of phosphoric ester groups is 1. The van der Waals surface area contributed by atoms with Crippen molar-refractivity contribution in [3.05, 3.63) is 72.9 Å². The topological polar surface area (TPSA) is 155 Å². The number of aliphatic hydroxyl groups is 1. The first-order valence-electron chi connectivity index (χ1n) is 29.8. The van der Waals surface area contributed by atoms with Gasteiger partial charge in [0.1, 0.15) is 12.7 Å². The van der Waals surface area contributed by atoms with E-state index in [-0.39, 0.29) is 25.9 Å². The summed E-state index contributed by atoms with van der Waals surface area (Å²) in [5, 5.41) is 9.79. The molecule has 0 aromatic carbocycles. The minimum atomic E-state index is -4.76. The minimum absolute atomic E-state index is 0.0890. The van der Waals surface area contributed by atoms with Crippen molar-refractivity contribution in [3.8, 4) is 0 Å². The lowest BCUT2D eigenvalue weighted by Gasteiger charge is -2.21. The lowest BCUT2D eigenvalue weighted by molar-refractivity contribution is -0.161. The van der Waals surface area contributed by atoms with Gasteiger partial charge < -0.3 is 24.2 Å². The van der Waals surface area contributed by atoms with E-state index in [0.717, 1.165) is 89.9 Å². The zero-order valence-electron chi connectivity index (χ0n) is 47.3. The summed E-state index contributed by atoms with van der Waals surface area (Å²) in [7, 11) is -4.76. The van der Waals surface area contributed by atoms with Crippen LogP contribution in [0.3, 0.4) is 0 Å². The van der Waals surface area contributed by atoms with Crippen molar-refractivity contribution in [1.82, 2.24) is 0 Å². The van der Waals surface area contributed by atoms with Crippen molar-refractivity contribution in [3.63, 3.8) is 0 Å². The summed E-state index contributed by atoms with van der Waals surface area (Å²) in [5.74, 6) is -1.54. The predicted molar refractivity (Wildman–Crippen MR) is 307 cm³/mol. The van der Waals surface area contributed by atoms with Gasteiger partial charge in [-0.1, -0.05) is 241 Å². The van der Waals surface area contributed by atoms with Crippen LogP contribution in [-0.2, 0) is 42.2 Å². The molecule has 0 amide bonds. The monoisotopic (exact) mass is 1060 g/mol. The number of rotatable bonds is 55. The van der Waals surface area contributed by atoms with Crippen molar-refractivity contribution in [2.24, 2.45) is 0 Å². The number of esters is 3. The van der Waals surface area contributed by atoms with Crippen LogP contribution >= 0.6 is 7.82 Å². The maximum absolute atomic E-state index is 12.9. The largest absolute Gasteiger partial charge is 0.472 e. The summed E-state index contributed by atoms with van der Waals surface area (Å²) in [6.07, 6.45) is 63.1. The highest BCUT2D eigenvalue weighted by molar-refractivity contribution is 7.47. The molecule has 0 fully saturated rings. The minimum Gasteiger partial charge on any atom is -0.462 e. The smallest absolute Gasteiger partial charge is 0.462 e. The Balaban J connectivity index is 4.77. The summed E-state index contributed by atoms with van der Waals surface area (Å²) >= 11 is 0. The van der Waals surface area contributed by atoms with Gasteiger partial charge in [0.25, 0.3) is 0 Å². The Morgan fingerprint density at radius 3 is 1.19 bits per heavy atom. The number of aliphatic hydroxyl groups excluding tert-OH is 1. The number of allylic oxidation sites excluding steroid dienone is 12. The van der Waals surface area contributed by atoms with Crippen LogP contribution in [0.5, 0.6) is 0 Å². The van der Waals surface area contributed by atoms with Crippen LogP contribution in [0.25, 0.3) is 0 Å². The molecule has 0 radical (unpaired) electrons. The van der Waals surface area contributed by atoms with E-state index in [0.29, 0.717) is 25.7 Å². The van der Waals surface area contributed by atoms with E-state index >= 15 is 0 Å². The van der Waals surface area contributed by atoms with Crippen LogP contribution in [0.4, 0.5) is 0 Å². The van der Waals surface area contributed by atoms with Crippen LogP contribution in [0.15, 0.2) is 72.9 Å². The lowest BCUT2D eigenvalue weighted by Crippen LogP contribution is -2.30. The highest BCUT2D eigenvalue weighted by atomic mass is 31.2. The van der Waals surface area contributed by atoms with E-state index in [9.17, 15) is 28.9 Å². The van der Waals surface area contributed by atoms with E-state index < -0.39 is 57.8 Å². The van der Waals surface area contributed by atoms with Gasteiger partial charge in [0, 0.05) is 19.3 Å². The third-order valence-electron chi connectivity index (χ3n) is 12.6. The van der Waals surface area contributed by atoms with Crippen molar-refractivity contribution in [2.45, 2.75) is 277 Å². The second-order valence-corrected chi connectivity index (χ2v) is 21.2. The van der Waals surface area contributed by atoms with Crippen molar-refractivity contribution >= 4 is 25.7 Å². The number of carbonyl (C=O) groups excluding carboxylic acids is 3. The van der Waals surface area contributed by atoms with Crippen molar-refractivity contribution in [2.75, 3.05) is 26.4 Å². The molecule has 0 aromatic heterocycles. The molecule has 0 aromatic rings. The van der Waals surface area contributed by atoms with Crippen molar-refractivity contribution < 1.29 is 52.2 Å². The van der Waals surface area contributed by atoms with Crippen LogP contribution in [0, 0.1) is 0 Å². The Morgan fingerprint density at radius 1 is 0.392 bits per heavy atom. The standard InChI is InChI=1S/C62H109O11P/c1-4-7-10-13-16-19-22-24-26-28-29-31-32-34-37-39-42-45-48-51-60(64)69-55-59(73-62(66)53-50-47-44-41-38-35-33-30-27-25-23-20-17-14-11-8-5-2)57-71-74(67,68)70-56-58(54-63)72-61(65)52-49-46-43-40-36-21-18-15-12-9-6-3/h8,11,15,17-18,20,25,27,33,35,41,44,58-59,63H,4-7,9-10,12-14,16,19,21-24,26,28-32,34,36-40,42-43,45-57H2,1-3H3,(H,67,68)/b11-8-,18-15-,20-17-,27-25-,35-33-,44-41-. The Labute approximate surface area is 452 Å². The molecule has 0 aliphatic heterocycles. The van der Waals surface area contributed by atoms with Gasteiger partial charge in [-0.3, -0.25) is 23.4 Å². The average molecular weight is 1060 g/mol. The third kappa shape index (κ3) is 53.7. The third-order valence-corrected chi connectivity index (χ3v) is 13.6. The number of unbranched alkanes of at least 4 members (excludes halogenated alkanes) is 26. The molecule has 0 aliphatic rings. The summed E-state index contributed by atoms with van der Waals surface area (Å²) in [4.78, 5) is 48.5. The molecule has 0 spiro atoms. The number of carbonyl (C=O) groups is 3. The predicted octanol–water partition coefficient (Wildman–Crippen LogP) is 17.7. The lowest BCUT2D eigenvalue weighted by atomic mass is 10.0. The van der Waals surface area contributed by atoms with E-state index in [4.69, 9.17) is 23.3 Å². The molecule has 11 nitrogen and oxygen atoms in total. The maximum atomic E-state index is 12.9.